The van der Waals surface area contributed by atoms with Crippen molar-refractivity contribution >= 4 is 23.2 Å². The molecule has 2 aliphatic carbocycles. The summed E-state index contributed by atoms with van der Waals surface area (Å²) in [5.74, 6) is 0.435. The zero-order valence-electron chi connectivity index (χ0n) is 10.2. The van der Waals surface area contributed by atoms with E-state index >= 15 is 0 Å². The summed E-state index contributed by atoms with van der Waals surface area (Å²) in [5, 5.41) is 2.92. The Hall–Kier alpha value is -0.640. The van der Waals surface area contributed by atoms with Crippen LogP contribution < -0.4 is 5.32 Å². The molecule has 3 nitrogen and oxygen atoms in total. The first-order chi connectivity index (χ1) is 8.27. The van der Waals surface area contributed by atoms with Crippen LogP contribution in [0.1, 0.15) is 51.4 Å². The summed E-state index contributed by atoms with van der Waals surface area (Å²) >= 11 is 5.32. The fraction of sp³-hybridized carbons (Fsp3) is 0.846. The first-order valence-corrected chi connectivity index (χ1v) is 7.31. The van der Waals surface area contributed by atoms with E-state index in [1.54, 1.807) is 0 Å². The molecule has 0 aromatic carbocycles. The zero-order valence-corrected chi connectivity index (χ0v) is 11.0. The molecule has 0 bridgehead atoms. The first-order valence-electron chi connectivity index (χ1n) is 6.90. The van der Waals surface area contributed by atoms with Crippen LogP contribution in [0.15, 0.2) is 0 Å². The molecule has 2 saturated carbocycles. The predicted octanol–water partition coefficient (Wildman–Crippen LogP) is 2.84. The maximum absolute atomic E-state index is 12.2. The third-order valence-electron chi connectivity index (χ3n) is 4.61. The SMILES string of the molecule is O=C1NC(=S)C2CCCC2N1C1CCCCC1. The number of nitrogens with zero attached hydrogens (tertiary/aromatic N) is 1. The molecule has 3 rings (SSSR count). The van der Waals surface area contributed by atoms with Gasteiger partial charge in [0.2, 0.25) is 0 Å². The van der Waals surface area contributed by atoms with Crippen LogP contribution in [0.25, 0.3) is 0 Å². The van der Waals surface area contributed by atoms with Gasteiger partial charge in [-0.05, 0) is 25.7 Å². The van der Waals surface area contributed by atoms with Crippen molar-refractivity contribution in [1.29, 1.82) is 0 Å². The molecule has 0 spiro atoms. The van der Waals surface area contributed by atoms with Gasteiger partial charge in [0.05, 0.1) is 4.99 Å². The molecule has 2 atom stereocenters. The number of hydrogen-bond donors (Lipinski definition) is 1. The highest BCUT2D eigenvalue weighted by Crippen LogP contribution is 2.37. The number of nitrogens with one attached hydrogen (secondary N) is 1. The summed E-state index contributed by atoms with van der Waals surface area (Å²) in [6.45, 7) is 0. The van der Waals surface area contributed by atoms with Gasteiger partial charge in [0, 0.05) is 18.0 Å². The van der Waals surface area contributed by atoms with Crippen molar-refractivity contribution < 1.29 is 4.79 Å². The van der Waals surface area contributed by atoms with Gasteiger partial charge in [0.25, 0.3) is 0 Å². The molecule has 1 heterocycles. The smallest absolute Gasteiger partial charge is 0.318 e. The Labute approximate surface area is 108 Å². The van der Waals surface area contributed by atoms with Gasteiger partial charge in [-0.3, -0.25) is 0 Å². The average molecular weight is 252 g/mol. The number of amides is 2. The van der Waals surface area contributed by atoms with Crippen molar-refractivity contribution in [1.82, 2.24) is 10.2 Å². The van der Waals surface area contributed by atoms with E-state index in [4.69, 9.17) is 12.2 Å². The van der Waals surface area contributed by atoms with Crippen LogP contribution >= 0.6 is 12.2 Å². The molecule has 2 amide bonds. The first kappa shape index (κ1) is 11.5. The quantitative estimate of drug-likeness (QED) is 0.728. The van der Waals surface area contributed by atoms with Crippen LogP contribution in [0.2, 0.25) is 0 Å². The van der Waals surface area contributed by atoms with E-state index in [1.807, 2.05) is 0 Å². The summed E-state index contributed by atoms with van der Waals surface area (Å²) in [6.07, 6.45) is 9.77. The molecule has 0 aromatic heterocycles. The van der Waals surface area contributed by atoms with E-state index in [-0.39, 0.29) is 6.03 Å². The minimum atomic E-state index is 0.0741. The van der Waals surface area contributed by atoms with E-state index < -0.39 is 0 Å². The molecule has 3 aliphatic rings. The van der Waals surface area contributed by atoms with Gasteiger partial charge in [-0.1, -0.05) is 37.9 Å². The Morgan fingerprint density at radius 3 is 2.59 bits per heavy atom. The molecule has 1 N–H and O–H groups in total. The van der Waals surface area contributed by atoms with Crippen LogP contribution in [0.5, 0.6) is 0 Å². The summed E-state index contributed by atoms with van der Waals surface area (Å²) in [5.41, 5.74) is 0. The van der Waals surface area contributed by atoms with Gasteiger partial charge in [0.1, 0.15) is 0 Å². The topological polar surface area (TPSA) is 32.3 Å². The third kappa shape index (κ3) is 1.96. The highest BCUT2D eigenvalue weighted by molar-refractivity contribution is 7.80. The molecule has 3 fully saturated rings. The van der Waals surface area contributed by atoms with Crippen LogP contribution in [0, 0.1) is 5.92 Å². The lowest BCUT2D eigenvalue weighted by atomic mass is 9.90. The normalized spacial score (nSPS) is 34.7. The van der Waals surface area contributed by atoms with Crippen LogP contribution in [-0.4, -0.2) is 28.0 Å². The maximum Gasteiger partial charge on any atom is 0.322 e. The van der Waals surface area contributed by atoms with E-state index in [2.05, 4.69) is 10.2 Å². The molecule has 94 valence electrons. The Bertz CT molecular complexity index is 338. The fourth-order valence-electron chi connectivity index (χ4n) is 3.79. The molecule has 17 heavy (non-hydrogen) atoms. The minimum Gasteiger partial charge on any atom is -0.318 e. The van der Waals surface area contributed by atoms with Crippen molar-refractivity contribution in [2.75, 3.05) is 0 Å². The van der Waals surface area contributed by atoms with Gasteiger partial charge >= 0.3 is 6.03 Å². The number of rotatable bonds is 1. The lowest BCUT2D eigenvalue weighted by molar-refractivity contribution is 0.111. The lowest BCUT2D eigenvalue weighted by Crippen LogP contribution is -2.61. The monoisotopic (exact) mass is 252 g/mol. The van der Waals surface area contributed by atoms with E-state index in [0.717, 1.165) is 17.8 Å². The van der Waals surface area contributed by atoms with E-state index in [0.29, 0.717) is 18.0 Å². The summed E-state index contributed by atoms with van der Waals surface area (Å²) < 4.78 is 0. The molecular weight excluding hydrogens is 232 g/mol. The molecule has 4 heteroatoms. The summed E-state index contributed by atoms with van der Waals surface area (Å²) in [6, 6.07) is 0.946. The van der Waals surface area contributed by atoms with Gasteiger partial charge in [0.15, 0.2) is 0 Å². The number of thiocarbonyl (C=S) groups is 1. The van der Waals surface area contributed by atoms with E-state index in [1.165, 1.54) is 38.5 Å². The standard InChI is InChI=1S/C13H20N2OS/c16-13-14-12(17)10-7-4-8-11(10)15(13)9-5-2-1-3-6-9/h9-11H,1-8H2,(H,14,16,17). The third-order valence-corrected chi connectivity index (χ3v) is 5.01. The summed E-state index contributed by atoms with van der Waals surface area (Å²) in [7, 11) is 0. The van der Waals surface area contributed by atoms with Crippen molar-refractivity contribution in [2.24, 2.45) is 5.92 Å². The Morgan fingerprint density at radius 1 is 1.06 bits per heavy atom. The molecule has 0 radical (unpaired) electrons. The Kier molecular flexibility index (Phi) is 3.07. The Morgan fingerprint density at radius 2 is 1.82 bits per heavy atom. The predicted molar refractivity (Wildman–Crippen MR) is 71.0 cm³/mol. The highest BCUT2D eigenvalue weighted by atomic mass is 32.1. The zero-order chi connectivity index (χ0) is 11.8. The number of urea groups is 1. The van der Waals surface area contributed by atoms with Crippen LogP contribution in [0.3, 0.4) is 0 Å². The molecule has 2 unspecified atom stereocenters. The van der Waals surface area contributed by atoms with Crippen molar-refractivity contribution in [2.45, 2.75) is 63.5 Å². The minimum absolute atomic E-state index is 0.0741. The second kappa shape index (κ2) is 4.56. The van der Waals surface area contributed by atoms with Crippen molar-refractivity contribution in [3.8, 4) is 0 Å². The second-order valence-corrected chi connectivity index (χ2v) is 6.04. The molecule has 1 aliphatic heterocycles. The van der Waals surface area contributed by atoms with Gasteiger partial charge < -0.3 is 10.2 Å². The lowest BCUT2D eigenvalue weighted by Gasteiger charge is -2.44. The van der Waals surface area contributed by atoms with E-state index in [9.17, 15) is 4.79 Å². The van der Waals surface area contributed by atoms with Crippen molar-refractivity contribution in [3.63, 3.8) is 0 Å². The largest absolute Gasteiger partial charge is 0.322 e. The number of carbonyl (C=O) groups excluding carboxylic acids is 1. The average Bonchev–Trinajstić information content (AvgIpc) is 2.79. The number of hydrogen-bond acceptors (Lipinski definition) is 2. The Balaban J connectivity index is 1.81. The van der Waals surface area contributed by atoms with Crippen molar-refractivity contribution in [3.05, 3.63) is 0 Å². The molecule has 1 saturated heterocycles. The number of carbonyl (C=O) groups is 1. The van der Waals surface area contributed by atoms with Gasteiger partial charge in [-0.2, -0.15) is 0 Å². The van der Waals surface area contributed by atoms with Crippen LogP contribution in [-0.2, 0) is 0 Å². The molecule has 0 aromatic rings. The number of fused-ring (bicyclic) bond motifs is 1. The maximum atomic E-state index is 12.2. The summed E-state index contributed by atoms with van der Waals surface area (Å²) in [4.78, 5) is 15.1. The molecular formula is C13H20N2OS. The fourth-order valence-corrected chi connectivity index (χ4v) is 4.15. The van der Waals surface area contributed by atoms with Gasteiger partial charge in [-0.15, -0.1) is 0 Å². The van der Waals surface area contributed by atoms with Gasteiger partial charge in [-0.25, -0.2) is 4.79 Å². The van der Waals surface area contributed by atoms with Crippen LogP contribution in [0.4, 0.5) is 4.79 Å². The highest BCUT2D eigenvalue weighted by Gasteiger charge is 2.44. The second-order valence-electron chi connectivity index (χ2n) is 5.60.